The number of benzene rings is 1. The highest BCUT2D eigenvalue weighted by molar-refractivity contribution is 6.05. The molecule has 2 amide bonds. The summed E-state index contributed by atoms with van der Waals surface area (Å²) in [6.45, 7) is 3.94. The Bertz CT molecular complexity index is 722. The zero-order valence-corrected chi connectivity index (χ0v) is 14.1. The number of nitrogens with one attached hydrogen (secondary N) is 2. The van der Waals surface area contributed by atoms with E-state index in [4.69, 9.17) is 9.15 Å². The summed E-state index contributed by atoms with van der Waals surface area (Å²) >= 11 is 0. The van der Waals surface area contributed by atoms with E-state index >= 15 is 0 Å². The van der Waals surface area contributed by atoms with Gasteiger partial charge in [-0.15, -0.1) is 0 Å². The van der Waals surface area contributed by atoms with Gasteiger partial charge in [0.1, 0.15) is 0 Å². The second-order valence-electron chi connectivity index (χ2n) is 5.48. The number of anilines is 2. The van der Waals surface area contributed by atoms with Crippen molar-refractivity contribution in [1.29, 1.82) is 0 Å². The van der Waals surface area contributed by atoms with Crippen molar-refractivity contribution in [2.24, 2.45) is 0 Å². The Morgan fingerprint density at radius 3 is 2.58 bits per heavy atom. The molecule has 0 saturated heterocycles. The van der Waals surface area contributed by atoms with E-state index in [2.05, 4.69) is 10.6 Å². The van der Waals surface area contributed by atoms with Gasteiger partial charge in [0, 0.05) is 12.5 Å². The van der Waals surface area contributed by atoms with Gasteiger partial charge in [-0.3, -0.25) is 9.59 Å². The molecule has 0 spiro atoms. The minimum atomic E-state index is -0.409. The maximum Gasteiger partial charge on any atom is 0.291 e. The van der Waals surface area contributed by atoms with Crippen molar-refractivity contribution in [3.05, 3.63) is 41.7 Å². The molecule has 6 heteroatoms. The minimum Gasteiger partial charge on any atom is -0.468 e. The molecule has 0 fully saturated rings. The lowest BCUT2D eigenvalue weighted by Crippen LogP contribution is -2.16. The summed E-state index contributed by atoms with van der Waals surface area (Å²) in [5.74, 6) is -0.0853. The molecule has 6 nitrogen and oxygen atoms in total. The van der Waals surface area contributed by atoms with Crippen LogP contribution in [-0.2, 0) is 4.79 Å². The number of amides is 2. The molecule has 0 aliphatic heterocycles. The largest absolute Gasteiger partial charge is 0.468 e. The van der Waals surface area contributed by atoms with E-state index in [9.17, 15) is 9.59 Å². The maximum atomic E-state index is 12.3. The van der Waals surface area contributed by atoms with Gasteiger partial charge in [-0.2, -0.15) is 0 Å². The van der Waals surface area contributed by atoms with E-state index in [-0.39, 0.29) is 17.6 Å². The van der Waals surface area contributed by atoms with Gasteiger partial charge in [-0.25, -0.2) is 0 Å². The normalized spacial score (nSPS) is 10.3. The molecular weight excluding hydrogens is 308 g/mol. The van der Waals surface area contributed by atoms with Crippen molar-refractivity contribution in [2.45, 2.75) is 33.1 Å². The monoisotopic (exact) mass is 330 g/mol. The number of rotatable bonds is 7. The Hall–Kier alpha value is -2.76. The summed E-state index contributed by atoms with van der Waals surface area (Å²) in [4.78, 5) is 24.2. The van der Waals surface area contributed by atoms with Crippen LogP contribution in [0.2, 0.25) is 0 Å². The topological polar surface area (TPSA) is 80.6 Å². The molecule has 2 rings (SSSR count). The molecule has 0 unspecified atom stereocenters. The lowest BCUT2D eigenvalue weighted by molar-refractivity contribution is -0.116. The highest BCUT2D eigenvalue weighted by Gasteiger charge is 2.15. The van der Waals surface area contributed by atoms with Crippen LogP contribution in [0.25, 0.3) is 0 Å². The number of unbranched alkanes of at least 4 members (excludes halogenated alkanes) is 1. The first kappa shape index (κ1) is 17.6. The average Bonchev–Trinajstić information content (AvgIpc) is 3.04. The molecule has 128 valence electrons. The Morgan fingerprint density at radius 2 is 1.92 bits per heavy atom. The fourth-order valence-electron chi connectivity index (χ4n) is 2.16. The zero-order chi connectivity index (χ0) is 17.5. The highest BCUT2D eigenvalue weighted by Crippen LogP contribution is 2.25. The van der Waals surface area contributed by atoms with Crippen LogP contribution in [0, 0.1) is 6.92 Å². The summed E-state index contributed by atoms with van der Waals surface area (Å²) < 4.78 is 10.2. The Morgan fingerprint density at radius 1 is 1.12 bits per heavy atom. The molecule has 0 saturated carbocycles. The number of ether oxygens (including phenoxy) is 1. The summed E-state index contributed by atoms with van der Waals surface area (Å²) in [6.07, 6.45) is 2.23. The van der Waals surface area contributed by atoms with Crippen LogP contribution in [0.5, 0.6) is 5.95 Å². The van der Waals surface area contributed by atoms with Crippen molar-refractivity contribution in [2.75, 3.05) is 17.7 Å². The van der Waals surface area contributed by atoms with Gasteiger partial charge < -0.3 is 19.8 Å². The van der Waals surface area contributed by atoms with Crippen LogP contribution in [0.1, 0.15) is 42.3 Å². The van der Waals surface area contributed by atoms with Crippen molar-refractivity contribution in [3.63, 3.8) is 0 Å². The summed E-state index contributed by atoms with van der Waals surface area (Å²) in [5, 5.41) is 5.60. The molecule has 1 aromatic carbocycles. The number of carbonyl (C=O) groups is 2. The molecule has 0 aliphatic rings. The number of hydrogen-bond donors (Lipinski definition) is 2. The second kappa shape index (κ2) is 8.19. The van der Waals surface area contributed by atoms with Crippen molar-refractivity contribution < 1.29 is 18.7 Å². The van der Waals surface area contributed by atoms with E-state index in [1.165, 1.54) is 13.2 Å². The van der Waals surface area contributed by atoms with E-state index < -0.39 is 5.91 Å². The minimum absolute atomic E-state index is 0.0733. The molecule has 0 bridgehead atoms. The van der Waals surface area contributed by atoms with Crippen LogP contribution >= 0.6 is 0 Å². The second-order valence-corrected chi connectivity index (χ2v) is 5.48. The lowest BCUT2D eigenvalue weighted by atomic mass is 10.1. The van der Waals surface area contributed by atoms with Gasteiger partial charge in [-0.1, -0.05) is 19.4 Å². The first-order chi connectivity index (χ1) is 11.5. The standard InChI is InChI=1S/C18H22N2O4/c1-4-5-6-16(21)19-13-8-7-12(2)11-14(13)20-18(22)15-9-10-17(23-3)24-15/h7-11H,4-6H2,1-3H3,(H,19,21)(H,20,22). The van der Waals surface area contributed by atoms with E-state index in [1.807, 2.05) is 19.9 Å². The van der Waals surface area contributed by atoms with Gasteiger partial charge in [0.05, 0.1) is 18.5 Å². The van der Waals surface area contributed by atoms with Crippen LogP contribution < -0.4 is 15.4 Å². The van der Waals surface area contributed by atoms with Crippen molar-refractivity contribution in [1.82, 2.24) is 0 Å². The van der Waals surface area contributed by atoms with E-state index in [0.29, 0.717) is 17.8 Å². The molecular formula is C18H22N2O4. The van der Waals surface area contributed by atoms with Gasteiger partial charge in [0.2, 0.25) is 5.91 Å². The predicted molar refractivity (Wildman–Crippen MR) is 92.5 cm³/mol. The Labute approximate surface area is 141 Å². The number of furan rings is 1. The Balaban J connectivity index is 2.14. The smallest absolute Gasteiger partial charge is 0.291 e. The van der Waals surface area contributed by atoms with E-state index in [1.54, 1.807) is 18.2 Å². The molecule has 1 heterocycles. The number of hydrogen-bond acceptors (Lipinski definition) is 4. The highest BCUT2D eigenvalue weighted by atomic mass is 16.6. The third-order valence-electron chi connectivity index (χ3n) is 3.46. The number of aryl methyl sites for hydroxylation is 1. The Kier molecular flexibility index (Phi) is 6.01. The molecule has 0 radical (unpaired) electrons. The average molecular weight is 330 g/mol. The summed E-state index contributed by atoms with van der Waals surface area (Å²) in [5.41, 5.74) is 2.06. The van der Waals surface area contributed by atoms with Crippen LogP contribution in [-0.4, -0.2) is 18.9 Å². The van der Waals surface area contributed by atoms with Crippen molar-refractivity contribution >= 4 is 23.2 Å². The van der Waals surface area contributed by atoms with Crippen LogP contribution in [0.3, 0.4) is 0 Å². The quantitative estimate of drug-likeness (QED) is 0.804. The van der Waals surface area contributed by atoms with E-state index in [0.717, 1.165) is 18.4 Å². The van der Waals surface area contributed by atoms with Gasteiger partial charge in [0.25, 0.3) is 11.9 Å². The zero-order valence-electron chi connectivity index (χ0n) is 14.1. The van der Waals surface area contributed by atoms with Gasteiger partial charge in [0.15, 0.2) is 5.76 Å². The first-order valence-corrected chi connectivity index (χ1v) is 7.89. The number of methoxy groups -OCH3 is 1. The fraction of sp³-hybridized carbons (Fsp3) is 0.333. The van der Waals surface area contributed by atoms with Gasteiger partial charge >= 0.3 is 0 Å². The summed E-state index contributed by atoms with van der Waals surface area (Å²) in [7, 11) is 1.46. The van der Waals surface area contributed by atoms with Crippen LogP contribution in [0.4, 0.5) is 11.4 Å². The molecule has 1 aromatic heterocycles. The fourth-order valence-corrected chi connectivity index (χ4v) is 2.16. The first-order valence-electron chi connectivity index (χ1n) is 7.89. The SMILES string of the molecule is CCCCC(=O)Nc1ccc(C)cc1NC(=O)c1ccc(OC)o1. The third-order valence-corrected chi connectivity index (χ3v) is 3.46. The molecule has 2 aromatic rings. The van der Waals surface area contributed by atoms with Gasteiger partial charge in [-0.05, 0) is 37.1 Å². The molecule has 24 heavy (non-hydrogen) atoms. The number of carbonyl (C=O) groups excluding carboxylic acids is 2. The lowest BCUT2D eigenvalue weighted by Gasteiger charge is -2.12. The van der Waals surface area contributed by atoms with Crippen LogP contribution in [0.15, 0.2) is 34.7 Å². The maximum absolute atomic E-state index is 12.3. The van der Waals surface area contributed by atoms with Crippen molar-refractivity contribution in [3.8, 4) is 5.95 Å². The summed E-state index contributed by atoms with van der Waals surface area (Å²) in [6, 6.07) is 8.55. The molecule has 2 N–H and O–H groups in total. The molecule has 0 atom stereocenters. The predicted octanol–water partition coefficient (Wildman–Crippen LogP) is 3.98. The third kappa shape index (κ3) is 4.62. The molecule has 0 aliphatic carbocycles.